The van der Waals surface area contributed by atoms with Gasteiger partial charge in [-0.15, -0.1) is 5.10 Å². The van der Waals surface area contributed by atoms with Crippen LogP contribution in [0.4, 0.5) is 5.82 Å². The molecule has 0 unspecified atom stereocenters. The van der Waals surface area contributed by atoms with E-state index in [1.807, 2.05) is 54.3 Å². The van der Waals surface area contributed by atoms with Crippen LogP contribution in [-0.2, 0) is 9.53 Å². The average molecular weight is 340 g/mol. The van der Waals surface area contributed by atoms with Gasteiger partial charge in [0.05, 0.1) is 5.69 Å². The van der Waals surface area contributed by atoms with Gasteiger partial charge < -0.3 is 15.0 Å². The largest absolute Gasteiger partial charge is 0.367 e. The molecule has 0 bridgehead atoms. The molecule has 1 aromatic carbocycles. The number of carbonyl (C=O) groups is 1. The molecule has 0 aliphatic carbocycles. The molecule has 1 atom stereocenters. The fourth-order valence-electron chi connectivity index (χ4n) is 3.10. The Morgan fingerprint density at radius 1 is 1.16 bits per heavy atom. The van der Waals surface area contributed by atoms with Crippen LogP contribution in [-0.4, -0.2) is 47.2 Å². The van der Waals surface area contributed by atoms with Crippen molar-refractivity contribution >= 4 is 11.7 Å². The molecule has 6 heteroatoms. The minimum Gasteiger partial charge on any atom is -0.367 e. The van der Waals surface area contributed by atoms with Crippen molar-refractivity contribution in [1.82, 2.24) is 15.1 Å². The summed E-state index contributed by atoms with van der Waals surface area (Å²) in [6.45, 7) is 3.34. The summed E-state index contributed by atoms with van der Waals surface area (Å²) in [6.07, 6.45) is 1.23. The van der Waals surface area contributed by atoms with E-state index in [1.165, 1.54) is 0 Å². The van der Waals surface area contributed by atoms with E-state index >= 15 is 0 Å². The molecule has 2 aromatic rings. The predicted molar refractivity (Wildman–Crippen MR) is 96.2 cm³/mol. The highest BCUT2D eigenvalue weighted by atomic mass is 16.5. The molecule has 2 heterocycles. The number of ether oxygens (including phenoxy) is 1. The standard InChI is InChI=1S/C19H24N4O2/c1-14-8-9-17(22-21-14)20-16-10-12-23(13-11-16)19(24)18(25-2)15-6-4-3-5-7-15/h3-9,16,18H,10-13H2,1-2H3,(H,20,22)/t18-/m0/s1. The van der Waals surface area contributed by atoms with Crippen molar-refractivity contribution in [2.45, 2.75) is 31.9 Å². The number of hydrogen-bond acceptors (Lipinski definition) is 5. The summed E-state index contributed by atoms with van der Waals surface area (Å²) < 4.78 is 5.46. The van der Waals surface area contributed by atoms with Crippen molar-refractivity contribution in [3.05, 3.63) is 53.7 Å². The highest BCUT2D eigenvalue weighted by molar-refractivity contribution is 5.82. The fraction of sp³-hybridized carbons (Fsp3) is 0.421. The summed E-state index contributed by atoms with van der Waals surface area (Å²) in [5.41, 5.74) is 1.79. The number of rotatable bonds is 5. The van der Waals surface area contributed by atoms with Crippen molar-refractivity contribution in [2.75, 3.05) is 25.5 Å². The summed E-state index contributed by atoms with van der Waals surface area (Å²) in [7, 11) is 1.58. The van der Waals surface area contributed by atoms with Gasteiger partial charge in [-0.3, -0.25) is 4.79 Å². The lowest BCUT2D eigenvalue weighted by atomic mass is 10.0. The Labute approximate surface area is 148 Å². The first-order valence-corrected chi connectivity index (χ1v) is 8.61. The molecule has 3 rings (SSSR count). The molecule has 25 heavy (non-hydrogen) atoms. The molecule has 1 saturated heterocycles. The predicted octanol–water partition coefficient (Wildman–Crippen LogP) is 2.58. The van der Waals surface area contributed by atoms with Gasteiger partial charge in [0.1, 0.15) is 5.82 Å². The molecule has 1 N–H and O–H groups in total. The summed E-state index contributed by atoms with van der Waals surface area (Å²) in [4.78, 5) is 14.7. The highest BCUT2D eigenvalue weighted by Crippen LogP contribution is 2.22. The third-order valence-electron chi connectivity index (χ3n) is 4.52. The zero-order valence-electron chi connectivity index (χ0n) is 14.7. The number of nitrogens with zero attached hydrogens (tertiary/aromatic N) is 3. The van der Waals surface area contributed by atoms with E-state index in [0.29, 0.717) is 19.1 Å². The maximum atomic E-state index is 12.8. The maximum Gasteiger partial charge on any atom is 0.256 e. The van der Waals surface area contributed by atoms with Crippen LogP contribution in [0.15, 0.2) is 42.5 Å². The highest BCUT2D eigenvalue weighted by Gasteiger charge is 2.29. The number of carbonyl (C=O) groups excluding carboxylic acids is 1. The van der Waals surface area contributed by atoms with Crippen LogP contribution in [0.3, 0.4) is 0 Å². The molecule has 6 nitrogen and oxygen atoms in total. The van der Waals surface area contributed by atoms with Crippen LogP contribution in [0.5, 0.6) is 0 Å². The summed E-state index contributed by atoms with van der Waals surface area (Å²) >= 11 is 0. The van der Waals surface area contributed by atoms with Gasteiger partial charge in [0, 0.05) is 26.2 Å². The topological polar surface area (TPSA) is 67.3 Å². The molecule has 0 radical (unpaired) electrons. The lowest BCUT2D eigenvalue weighted by Gasteiger charge is -2.34. The quantitative estimate of drug-likeness (QED) is 0.906. The molecule has 0 spiro atoms. The molecular formula is C19H24N4O2. The van der Waals surface area contributed by atoms with Crippen molar-refractivity contribution in [3.63, 3.8) is 0 Å². The minimum absolute atomic E-state index is 0.0299. The summed E-state index contributed by atoms with van der Waals surface area (Å²) in [5.74, 6) is 0.816. The number of anilines is 1. The van der Waals surface area contributed by atoms with Crippen molar-refractivity contribution in [1.29, 1.82) is 0 Å². The van der Waals surface area contributed by atoms with Crippen molar-refractivity contribution in [3.8, 4) is 0 Å². The third-order valence-corrected chi connectivity index (χ3v) is 4.52. The Bertz CT molecular complexity index is 682. The number of nitrogens with one attached hydrogen (secondary N) is 1. The van der Waals surface area contributed by atoms with E-state index in [4.69, 9.17) is 4.74 Å². The van der Waals surface area contributed by atoms with Crippen LogP contribution in [0.1, 0.15) is 30.2 Å². The van der Waals surface area contributed by atoms with Gasteiger partial charge in [-0.05, 0) is 37.5 Å². The molecular weight excluding hydrogens is 316 g/mol. The second kappa shape index (κ2) is 8.07. The van der Waals surface area contributed by atoms with Crippen molar-refractivity contribution in [2.24, 2.45) is 0 Å². The van der Waals surface area contributed by atoms with E-state index in [1.54, 1.807) is 7.11 Å². The van der Waals surface area contributed by atoms with E-state index in [0.717, 1.165) is 29.9 Å². The SMILES string of the molecule is CO[C@H](C(=O)N1CCC(Nc2ccc(C)nn2)CC1)c1ccccc1. The number of amides is 1. The van der Waals surface area contributed by atoms with Crippen LogP contribution in [0.2, 0.25) is 0 Å². The smallest absolute Gasteiger partial charge is 0.256 e. The number of aromatic nitrogens is 2. The van der Waals surface area contributed by atoms with Crippen LogP contribution < -0.4 is 5.32 Å². The zero-order chi connectivity index (χ0) is 17.6. The second-order valence-corrected chi connectivity index (χ2v) is 6.33. The maximum absolute atomic E-state index is 12.8. The molecule has 132 valence electrons. The van der Waals surface area contributed by atoms with Crippen molar-refractivity contribution < 1.29 is 9.53 Å². The monoisotopic (exact) mass is 340 g/mol. The minimum atomic E-state index is -0.534. The van der Waals surface area contributed by atoms with Crippen LogP contribution in [0, 0.1) is 6.92 Å². The summed E-state index contributed by atoms with van der Waals surface area (Å²) in [5, 5.41) is 11.6. The van der Waals surface area contributed by atoms with E-state index in [-0.39, 0.29) is 5.91 Å². The fourth-order valence-corrected chi connectivity index (χ4v) is 3.10. The Balaban J connectivity index is 1.56. The summed E-state index contributed by atoms with van der Waals surface area (Å²) in [6, 6.07) is 13.8. The third kappa shape index (κ3) is 4.33. The lowest BCUT2D eigenvalue weighted by molar-refractivity contribution is -0.143. The first kappa shape index (κ1) is 17.4. The Morgan fingerprint density at radius 2 is 1.88 bits per heavy atom. The molecule has 0 saturated carbocycles. The van der Waals surface area contributed by atoms with Gasteiger partial charge in [-0.2, -0.15) is 5.10 Å². The van der Waals surface area contributed by atoms with Gasteiger partial charge in [-0.1, -0.05) is 30.3 Å². The molecule has 1 fully saturated rings. The lowest BCUT2D eigenvalue weighted by Crippen LogP contribution is -2.44. The number of piperidine rings is 1. The van der Waals surface area contributed by atoms with Gasteiger partial charge in [-0.25, -0.2) is 0 Å². The molecule has 1 amide bonds. The molecule has 1 aromatic heterocycles. The number of benzene rings is 1. The number of hydrogen-bond donors (Lipinski definition) is 1. The number of methoxy groups -OCH3 is 1. The van der Waals surface area contributed by atoms with Crippen LogP contribution >= 0.6 is 0 Å². The van der Waals surface area contributed by atoms with Gasteiger partial charge in [0.25, 0.3) is 5.91 Å². The average Bonchev–Trinajstić information content (AvgIpc) is 2.66. The van der Waals surface area contributed by atoms with E-state index in [2.05, 4.69) is 15.5 Å². The first-order valence-electron chi connectivity index (χ1n) is 8.61. The van der Waals surface area contributed by atoms with Crippen LogP contribution in [0.25, 0.3) is 0 Å². The zero-order valence-corrected chi connectivity index (χ0v) is 14.7. The Morgan fingerprint density at radius 3 is 2.48 bits per heavy atom. The molecule has 1 aliphatic rings. The van der Waals surface area contributed by atoms with Gasteiger partial charge in [0.15, 0.2) is 6.10 Å². The van der Waals surface area contributed by atoms with Gasteiger partial charge in [0.2, 0.25) is 0 Å². The Hall–Kier alpha value is -2.47. The second-order valence-electron chi connectivity index (χ2n) is 6.33. The normalized spacial score (nSPS) is 16.5. The van der Waals surface area contributed by atoms with E-state index in [9.17, 15) is 4.79 Å². The van der Waals surface area contributed by atoms with E-state index < -0.39 is 6.10 Å². The number of aryl methyl sites for hydroxylation is 1. The molecule has 1 aliphatic heterocycles. The first-order chi connectivity index (χ1) is 12.2. The Kier molecular flexibility index (Phi) is 5.60. The number of likely N-dealkylation sites (tertiary alicyclic amines) is 1. The van der Waals surface area contributed by atoms with Gasteiger partial charge >= 0.3 is 0 Å².